The van der Waals surface area contributed by atoms with E-state index in [4.69, 9.17) is 12.2 Å². The van der Waals surface area contributed by atoms with Crippen molar-refractivity contribution in [1.29, 1.82) is 0 Å². The molecule has 98 valence electrons. The molecule has 3 heterocycles. The van der Waals surface area contributed by atoms with Gasteiger partial charge in [-0.2, -0.15) is 0 Å². The van der Waals surface area contributed by atoms with E-state index < -0.39 is 0 Å². The molecule has 0 atom stereocenters. The van der Waals surface area contributed by atoms with Gasteiger partial charge in [-0.25, -0.2) is 4.98 Å². The van der Waals surface area contributed by atoms with Crippen LogP contribution in [0.5, 0.6) is 0 Å². The third-order valence-electron chi connectivity index (χ3n) is 3.12. The second-order valence-corrected chi connectivity index (χ2v) is 4.90. The van der Waals surface area contributed by atoms with Gasteiger partial charge in [0.1, 0.15) is 12.2 Å². The molecule has 0 unspecified atom stereocenters. The van der Waals surface area contributed by atoms with Crippen LogP contribution in [0, 0.1) is 11.7 Å². The molecule has 0 spiro atoms. The summed E-state index contributed by atoms with van der Waals surface area (Å²) in [6, 6.07) is 3.98. The van der Waals surface area contributed by atoms with Gasteiger partial charge in [0, 0.05) is 25.7 Å². The Hall–Kier alpha value is -2.02. The maximum Gasteiger partial charge on any atom is 0.179 e. The van der Waals surface area contributed by atoms with Gasteiger partial charge in [-0.05, 0) is 31.3 Å². The minimum absolute atomic E-state index is 0.690. The van der Waals surface area contributed by atoms with Gasteiger partial charge in [-0.3, -0.25) is 0 Å². The molecule has 19 heavy (non-hydrogen) atoms. The Labute approximate surface area is 115 Å². The quantitative estimate of drug-likeness (QED) is 0.739. The Morgan fingerprint density at radius 2 is 2.21 bits per heavy atom. The Kier molecular flexibility index (Phi) is 2.90. The largest absolute Gasteiger partial charge is 0.329 e. The van der Waals surface area contributed by atoms with Crippen LogP contribution in [0.4, 0.5) is 0 Å². The Morgan fingerprint density at radius 3 is 2.95 bits per heavy atom. The van der Waals surface area contributed by atoms with E-state index in [1.165, 1.54) is 0 Å². The number of aromatic nitrogens is 6. The zero-order valence-electron chi connectivity index (χ0n) is 10.8. The maximum atomic E-state index is 5.35. The van der Waals surface area contributed by atoms with Crippen molar-refractivity contribution in [3.05, 3.63) is 34.7 Å². The lowest BCUT2D eigenvalue weighted by Crippen LogP contribution is -2.06. The highest BCUT2D eigenvalue weighted by molar-refractivity contribution is 7.71. The van der Waals surface area contributed by atoms with Gasteiger partial charge in [0.2, 0.25) is 0 Å². The van der Waals surface area contributed by atoms with Crippen molar-refractivity contribution in [3.63, 3.8) is 0 Å². The van der Waals surface area contributed by atoms with Gasteiger partial charge in [-0.1, -0.05) is 0 Å². The molecular weight excluding hydrogens is 260 g/mol. The monoisotopic (exact) mass is 274 g/mol. The fourth-order valence-electron chi connectivity index (χ4n) is 2.08. The van der Waals surface area contributed by atoms with Crippen molar-refractivity contribution in [2.75, 3.05) is 0 Å². The number of aryl methyl sites for hydroxylation is 4. The third-order valence-corrected chi connectivity index (χ3v) is 3.44. The van der Waals surface area contributed by atoms with Gasteiger partial charge in [0.15, 0.2) is 10.4 Å². The molecule has 0 aliphatic rings. The molecule has 0 saturated carbocycles. The van der Waals surface area contributed by atoms with E-state index in [-0.39, 0.29) is 0 Å². The van der Waals surface area contributed by atoms with Crippen LogP contribution in [0.3, 0.4) is 0 Å². The summed E-state index contributed by atoms with van der Waals surface area (Å²) in [4.78, 5) is 7.71. The van der Waals surface area contributed by atoms with Crippen molar-refractivity contribution >= 4 is 23.4 Å². The second kappa shape index (κ2) is 4.58. The minimum atomic E-state index is 0.690. The van der Waals surface area contributed by atoms with E-state index in [1.54, 1.807) is 6.33 Å². The number of nitrogens with zero attached hydrogens (tertiary/aromatic N) is 5. The summed E-state index contributed by atoms with van der Waals surface area (Å²) in [7, 11) is 1.94. The molecule has 0 aliphatic heterocycles. The predicted molar refractivity (Wildman–Crippen MR) is 74.4 cm³/mol. The predicted octanol–water partition coefficient (Wildman–Crippen LogP) is 1.77. The molecule has 6 nitrogen and oxygen atoms in total. The lowest BCUT2D eigenvalue weighted by molar-refractivity contribution is 0.652. The smallest absolute Gasteiger partial charge is 0.179 e. The molecule has 0 aliphatic carbocycles. The van der Waals surface area contributed by atoms with Crippen LogP contribution in [0.25, 0.3) is 11.2 Å². The van der Waals surface area contributed by atoms with Crippen molar-refractivity contribution in [2.24, 2.45) is 7.05 Å². The summed E-state index contributed by atoms with van der Waals surface area (Å²) < 4.78 is 4.61. The standard InChI is InChI=1S/C12H14N6S/c1-8-3-4-9-11(14-8)18(12(19)15-9)6-5-10-16-13-7-17(10)2/h3-4,7H,5-6H2,1-2H3,(H,15,19). The molecule has 3 aromatic heterocycles. The van der Waals surface area contributed by atoms with Gasteiger partial charge in [-0.15, -0.1) is 10.2 Å². The number of aromatic amines is 1. The molecule has 7 heteroatoms. The summed E-state index contributed by atoms with van der Waals surface area (Å²) in [5.74, 6) is 0.934. The summed E-state index contributed by atoms with van der Waals surface area (Å²) in [5, 5.41) is 7.95. The van der Waals surface area contributed by atoms with Crippen LogP contribution in [0.2, 0.25) is 0 Å². The Morgan fingerprint density at radius 1 is 1.37 bits per heavy atom. The third kappa shape index (κ3) is 2.17. The van der Waals surface area contributed by atoms with E-state index >= 15 is 0 Å². The molecular formula is C12H14N6S. The molecule has 0 amide bonds. The summed E-state index contributed by atoms with van der Waals surface area (Å²) in [6.07, 6.45) is 2.47. The molecule has 0 fully saturated rings. The second-order valence-electron chi connectivity index (χ2n) is 4.51. The van der Waals surface area contributed by atoms with Crippen LogP contribution in [-0.2, 0) is 20.0 Å². The number of imidazole rings is 1. The van der Waals surface area contributed by atoms with Gasteiger partial charge in [0.05, 0.1) is 5.52 Å². The lowest BCUT2D eigenvalue weighted by atomic mass is 10.3. The first-order valence-electron chi connectivity index (χ1n) is 6.04. The molecule has 0 saturated heterocycles. The van der Waals surface area contributed by atoms with Crippen LogP contribution >= 0.6 is 12.2 Å². The Balaban J connectivity index is 1.96. The number of pyridine rings is 1. The number of rotatable bonds is 3. The Bertz CT molecular complexity index is 781. The van der Waals surface area contributed by atoms with Crippen LogP contribution in [0.1, 0.15) is 11.5 Å². The summed E-state index contributed by atoms with van der Waals surface area (Å²) in [6.45, 7) is 2.71. The summed E-state index contributed by atoms with van der Waals surface area (Å²) >= 11 is 5.35. The first-order valence-corrected chi connectivity index (χ1v) is 6.45. The lowest BCUT2D eigenvalue weighted by Gasteiger charge is -2.04. The molecule has 0 radical (unpaired) electrons. The van der Waals surface area contributed by atoms with E-state index in [2.05, 4.69) is 20.2 Å². The maximum absolute atomic E-state index is 5.35. The van der Waals surface area contributed by atoms with Crippen LogP contribution < -0.4 is 0 Å². The fourth-order valence-corrected chi connectivity index (χ4v) is 2.37. The topological polar surface area (TPSA) is 64.3 Å². The number of H-pyrrole nitrogens is 1. The van der Waals surface area contributed by atoms with E-state index in [0.717, 1.165) is 35.6 Å². The van der Waals surface area contributed by atoms with E-state index in [1.807, 2.05) is 35.2 Å². The highest BCUT2D eigenvalue weighted by Gasteiger charge is 2.08. The first kappa shape index (κ1) is 12.0. The summed E-state index contributed by atoms with van der Waals surface area (Å²) in [5.41, 5.74) is 2.84. The highest BCUT2D eigenvalue weighted by Crippen LogP contribution is 2.13. The van der Waals surface area contributed by atoms with E-state index in [9.17, 15) is 0 Å². The number of fused-ring (bicyclic) bond motifs is 1. The van der Waals surface area contributed by atoms with Gasteiger partial charge >= 0.3 is 0 Å². The molecule has 3 rings (SSSR count). The van der Waals surface area contributed by atoms with Crippen molar-refractivity contribution in [1.82, 2.24) is 29.3 Å². The van der Waals surface area contributed by atoms with Crippen molar-refractivity contribution < 1.29 is 0 Å². The average molecular weight is 274 g/mol. The molecule has 0 bridgehead atoms. The number of hydrogen-bond donors (Lipinski definition) is 1. The molecule has 3 aromatic rings. The van der Waals surface area contributed by atoms with Crippen molar-refractivity contribution in [2.45, 2.75) is 19.9 Å². The SMILES string of the molecule is Cc1ccc2[nH]c(=S)n(CCc3nncn3C)c2n1. The van der Waals surface area contributed by atoms with Gasteiger partial charge < -0.3 is 14.1 Å². The zero-order valence-corrected chi connectivity index (χ0v) is 11.6. The number of hydrogen-bond acceptors (Lipinski definition) is 4. The molecule has 0 aromatic carbocycles. The van der Waals surface area contributed by atoms with Gasteiger partial charge in [0.25, 0.3) is 0 Å². The first-order chi connectivity index (χ1) is 9.15. The average Bonchev–Trinajstić information content (AvgIpc) is 2.90. The fraction of sp³-hybridized carbons (Fsp3) is 0.333. The normalized spacial score (nSPS) is 11.3. The van der Waals surface area contributed by atoms with Crippen LogP contribution in [0.15, 0.2) is 18.5 Å². The highest BCUT2D eigenvalue weighted by atomic mass is 32.1. The zero-order chi connectivity index (χ0) is 13.4. The number of nitrogens with one attached hydrogen (secondary N) is 1. The van der Waals surface area contributed by atoms with Crippen molar-refractivity contribution in [3.8, 4) is 0 Å². The minimum Gasteiger partial charge on any atom is -0.329 e. The van der Waals surface area contributed by atoms with Crippen LogP contribution in [-0.4, -0.2) is 29.3 Å². The van der Waals surface area contributed by atoms with E-state index in [0.29, 0.717) is 4.77 Å². The molecule has 1 N–H and O–H groups in total.